The van der Waals surface area contributed by atoms with E-state index in [4.69, 9.17) is 0 Å². The van der Waals surface area contributed by atoms with Gasteiger partial charge in [-0.25, -0.2) is 10.1 Å². The Bertz CT molecular complexity index is 794. The van der Waals surface area contributed by atoms with Crippen molar-refractivity contribution in [2.45, 2.75) is 6.54 Å². The minimum Gasteiger partial charge on any atom is -0.271 e. The van der Waals surface area contributed by atoms with E-state index in [1.165, 1.54) is 6.21 Å². The molecule has 0 saturated heterocycles. The lowest BCUT2D eigenvalue weighted by Gasteiger charge is -2.03. The van der Waals surface area contributed by atoms with Crippen molar-refractivity contribution in [2.24, 2.45) is 5.10 Å². The number of hydrogen-bond acceptors (Lipinski definition) is 4. The number of hydrazone groups is 1. The fraction of sp³-hybridized carbons (Fsp3) is 0.0769. The third-order valence-corrected chi connectivity index (χ3v) is 2.93. The lowest BCUT2D eigenvalue weighted by Crippen LogP contribution is -2.34. The Morgan fingerprint density at radius 1 is 1.33 bits per heavy atom. The van der Waals surface area contributed by atoms with Crippen LogP contribution in [0.25, 0.3) is 0 Å². The maximum Gasteiger partial charge on any atom is 0.265 e. The number of carbonyl (C=O) groups is 1. The molecule has 0 aliphatic carbocycles. The normalized spacial score (nSPS) is 10.7. The summed E-state index contributed by atoms with van der Waals surface area (Å²) in [5.74, 6) is -0.523. The number of hydrogen-bond donors (Lipinski definition) is 2. The van der Waals surface area contributed by atoms with Crippen molar-refractivity contribution in [3.63, 3.8) is 0 Å². The largest absolute Gasteiger partial charge is 0.271 e. The zero-order valence-corrected chi connectivity index (χ0v) is 12.3. The molecule has 21 heavy (non-hydrogen) atoms. The van der Waals surface area contributed by atoms with E-state index in [2.05, 4.69) is 31.6 Å². The van der Waals surface area contributed by atoms with Gasteiger partial charge in [-0.2, -0.15) is 5.10 Å². The molecule has 7 nitrogen and oxygen atoms in total. The van der Waals surface area contributed by atoms with Crippen LogP contribution in [0.3, 0.4) is 0 Å². The first-order valence-electron chi connectivity index (χ1n) is 5.92. The lowest BCUT2D eigenvalue weighted by molar-refractivity contribution is -0.121. The van der Waals surface area contributed by atoms with E-state index < -0.39 is 17.0 Å². The summed E-state index contributed by atoms with van der Waals surface area (Å²) >= 11 is 3.32. The third kappa shape index (κ3) is 4.53. The minimum absolute atomic E-state index is 0.315. The topological polar surface area (TPSA) is 96.3 Å². The van der Waals surface area contributed by atoms with Gasteiger partial charge in [0.15, 0.2) is 0 Å². The van der Waals surface area contributed by atoms with Gasteiger partial charge < -0.3 is 0 Å². The number of aromatic nitrogens is 2. The SMILES string of the molecule is O=C(Cn1[nH]c(=O)ccc1=O)N/N=C/c1cccc(Br)c1. The van der Waals surface area contributed by atoms with Gasteiger partial charge in [0.25, 0.3) is 17.0 Å². The van der Waals surface area contributed by atoms with Gasteiger partial charge in [-0.05, 0) is 17.7 Å². The van der Waals surface area contributed by atoms with Gasteiger partial charge in [-0.15, -0.1) is 0 Å². The second kappa shape index (κ2) is 6.80. The van der Waals surface area contributed by atoms with E-state index in [1.807, 2.05) is 24.3 Å². The Morgan fingerprint density at radius 2 is 2.14 bits per heavy atom. The Labute approximate surface area is 127 Å². The number of rotatable bonds is 4. The maximum absolute atomic E-state index is 11.6. The number of benzene rings is 1. The first-order valence-corrected chi connectivity index (χ1v) is 6.71. The summed E-state index contributed by atoms with van der Waals surface area (Å²) in [6.07, 6.45) is 1.47. The standard InChI is InChI=1S/C13H11BrN4O3/c14-10-3-1-2-9(6-10)7-15-16-12(20)8-18-13(21)5-4-11(19)17-18/h1-7H,8H2,(H,16,20)(H,17,19)/b15-7+. The lowest BCUT2D eigenvalue weighted by atomic mass is 10.2. The quantitative estimate of drug-likeness (QED) is 0.618. The molecule has 1 heterocycles. The molecule has 2 N–H and O–H groups in total. The van der Waals surface area contributed by atoms with Crippen LogP contribution in [0.5, 0.6) is 0 Å². The second-order valence-corrected chi connectivity index (χ2v) is 5.00. The summed E-state index contributed by atoms with van der Waals surface area (Å²) in [4.78, 5) is 34.1. The van der Waals surface area contributed by atoms with Crippen LogP contribution in [0.1, 0.15) is 5.56 Å². The van der Waals surface area contributed by atoms with Crippen molar-refractivity contribution >= 4 is 28.1 Å². The van der Waals surface area contributed by atoms with Crippen LogP contribution in [-0.4, -0.2) is 21.9 Å². The molecule has 1 aromatic carbocycles. The summed E-state index contributed by atoms with van der Waals surface area (Å²) < 4.78 is 1.80. The highest BCUT2D eigenvalue weighted by atomic mass is 79.9. The summed E-state index contributed by atoms with van der Waals surface area (Å²) in [5.41, 5.74) is 2.15. The number of halogens is 1. The predicted octanol–water partition coefficient (Wildman–Crippen LogP) is 0.449. The van der Waals surface area contributed by atoms with Gasteiger partial charge in [0, 0.05) is 16.6 Å². The number of aromatic amines is 1. The van der Waals surface area contributed by atoms with Gasteiger partial charge >= 0.3 is 0 Å². The molecule has 108 valence electrons. The minimum atomic E-state index is -0.523. The van der Waals surface area contributed by atoms with Crippen molar-refractivity contribution < 1.29 is 4.79 Å². The summed E-state index contributed by atoms with van der Waals surface area (Å²) in [6, 6.07) is 9.54. The molecule has 1 aromatic heterocycles. The highest BCUT2D eigenvalue weighted by Gasteiger charge is 2.03. The van der Waals surface area contributed by atoms with Crippen LogP contribution in [0.2, 0.25) is 0 Å². The van der Waals surface area contributed by atoms with E-state index in [-0.39, 0.29) is 6.54 Å². The van der Waals surface area contributed by atoms with Gasteiger partial charge in [-0.1, -0.05) is 28.1 Å². The third-order valence-electron chi connectivity index (χ3n) is 2.44. The zero-order valence-electron chi connectivity index (χ0n) is 10.7. The molecule has 0 saturated carbocycles. The predicted molar refractivity (Wildman–Crippen MR) is 81.2 cm³/mol. The molecule has 2 rings (SSSR count). The number of nitrogens with zero attached hydrogens (tertiary/aromatic N) is 2. The molecule has 0 spiro atoms. The Morgan fingerprint density at radius 3 is 2.90 bits per heavy atom. The molecule has 0 aliphatic heterocycles. The van der Waals surface area contributed by atoms with Crippen molar-refractivity contribution in [1.29, 1.82) is 0 Å². The van der Waals surface area contributed by atoms with Crippen molar-refractivity contribution in [3.05, 3.63) is 67.1 Å². The van der Waals surface area contributed by atoms with E-state index in [1.54, 1.807) is 0 Å². The molecule has 8 heteroatoms. The fourth-order valence-electron chi connectivity index (χ4n) is 1.52. The maximum atomic E-state index is 11.6. The average Bonchev–Trinajstić information content (AvgIpc) is 2.43. The highest BCUT2D eigenvalue weighted by molar-refractivity contribution is 9.10. The van der Waals surface area contributed by atoms with Crippen LogP contribution in [-0.2, 0) is 11.3 Å². The zero-order chi connectivity index (χ0) is 15.2. The van der Waals surface area contributed by atoms with Crippen molar-refractivity contribution in [1.82, 2.24) is 15.2 Å². The van der Waals surface area contributed by atoms with Crippen LogP contribution >= 0.6 is 15.9 Å². The second-order valence-electron chi connectivity index (χ2n) is 4.08. The van der Waals surface area contributed by atoms with Crippen molar-refractivity contribution in [3.8, 4) is 0 Å². The molecule has 0 unspecified atom stereocenters. The fourth-order valence-corrected chi connectivity index (χ4v) is 1.94. The molecular formula is C13H11BrN4O3. The van der Waals surface area contributed by atoms with Gasteiger partial charge in [0.1, 0.15) is 6.54 Å². The van der Waals surface area contributed by atoms with E-state index in [0.29, 0.717) is 0 Å². The average molecular weight is 351 g/mol. The number of H-pyrrole nitrogens is 1. The van der Waals surface area contributed by atoms with Crippen molar-refractivity contribution in [2.75, 3.05) is 0 Å². The van der Waals surface area contributed by atoms with Gasteiger partial charge in [0.05, 0.1) is 6.21 Å². The Hall–Kier alpha value is -2.48. The first kappa shape index (κ1) is 14.9. The molecule has 2 aromatic rings. The molecule has 0 fully saturated rings. The van der Waals surface area contributed by atoms with Crippen LogP contribution in [0.4, 0.5) is 0 Å². The van der Waals surface area contributed by atoms with E-state index >= 15 is 0 Å². The molecule has 0 radical (unpaired) electrons. The molecular weight excluding hydrogens is 340 g/mol. The molecule has 1 amide bonds. The van der Waals surface area contributed by atoms with Gasteiger partial charge in [-0.3, -0.25) is 19.5 Å². The summed E-state index contributed by atoms with van der Waals surface area (Å²) in [6.45, 7) is -0.315. The number of nitrogens with one attached hydrogen (secondary N) is 2. The summed E-state index contributed by atoms with van der Waals surface area (Å²) in [7, 11) is 0. The van der Waals surface area contributed by atoms with E-state index in [9.17, 15) is 14.4 Å². The smallest absolute Gasteiger partial charge is 0.265 e. The Balaban J connectivity index is 1.98. The van der Waals surface area contributed by atoms with E-state index in [0.717, 1.165) is 26.9 Å². The van der Waals surface area contributed by atoms with Gasteiger partial charge in [0.2, 0.25) is 0 Å². The first-order chi connectivity index (χ1) is 10.0. The highest BCUT2D eigenvalue weighted by Crippen LogP contribution is 2.09. The van der Waals surface area contributed by atoms with Crippen LogP contribution in [0.15, 0.2) is 55.6 Å². The van der Waals surface area contributed by atoms with Crippen LogP contribution < -0.4 is 16.5 Å². The molecule has 0 atom stereocenters. The monoisotopic (exact) mass is 350 g/mol. The van der Waals surface area contributed by atoms with Crippen LogP contribution in [0, 0.1) is 0 Å². The molecule has 0 aliphatic rings. The summed E-state index contributed by atoms with van der Waals surface area (Å²) in [5, 5.41) is 6.03. The Kier molecular flexibility index (Phi) is 4.83. The number of carbonyl (C=O) groups excluding carboxylic acids is 1. The molecule has 0 bridgehead atoms. The number of amides is 1.